The van der Waals surface area contributed by atoms with Gasteiger partial charge in [-0.05, 0) is 43.5 Å². The number of nitrogens with zero attached hydrogens (tertiary/aromatic N) is 1. The topological polar surface area (TPSA) is 29.4 Å². The maximum absolute atomic E-state index is 10.2. The first-order chi connectivity index (χ1) is 6.57. The number of carbonyl (C=O) groups excluding carboxylic acids is 1. The molecule has 0 unspecified atom stereocenters. The van der Waals surface area contributed by atoms with Crippen molar-refractivity contribution in [2.45, 2.75) is 20.8 Å². The van der Waals surface area contributed by atoms with Crippen molar-refractivity contribution < 1.29 is 4.79 Å². The molecule has 0 aliphatic heterocycles. The number of aliphatic imine (C=N–C) groups is 1. The second kappa shape index (κ2) is 4.03. The first kappa shape index (κ1) is 10.4. The molecule has 0 fully saturated rings. The molecule has 1 rings (SSSR count). The Kier molecular flexibility index (Phi) is 3.00. The summed E-state index contributed by atoms with van der Waals surface area (Å²) in [6.07, 6.45) is 1.56. The van der Waals surface area contributed by atoms with Crippen molar-refractivity contribution >= 4 is 17.3 Å². The smallest absolute Gasteiger partial charge is 0.211 e. The molecule has 0 heterocycles. The lowest BCUT2D eigenvalue weighted by Crippen LogP contribution is -1.90. The Balaban J connectivity index is 3.48. The lowest BCUT2D eigenvalue weighted by molar-refractivity contribution is 0.565. The number of rotatable bonds is 2. The van der Waals surface area contributed by atoms with Gasteiger partial charge >= 0.3 is 0 Å². The van der Waals surface area contributed by atoms with Gasteiger partial charge in [0.2, 0.25) is 6.08 Å². The highest BCUT2D eigenvalue weighted by atomic mass is 16.1. The van der Waals surface area contributed by atoms with Crippen LogP contribution in [0.25, 0.3) is 5.57 Å². The fourth-order valence-corrected chi connectivity index (χ4v) is 1.66. The highest BCUT2D eigenvalue weighted by molar-refractivity contribution is 5.72. The van der Waals surface area contributed by atoms with Crippen molar-refractivity contribution in [3.8, 4) is 0 Å². The number of hydrogen-bond acceptors (Lipinski definition) is 2. The van der Waals surface area contributed by atoms with Crippen molar-refractivity contribution in [3.63, 3.8) is 0 Å². The van der Waals surface area contributed by atoms with E-state index in [4.69, 9.17) is 0 Å². The fraction of sp³-hybridized carbons (Fsp3) is 0.250. The number of allylic oxidation sites excluding steroid dienone is 1. The fourth-order valence-electron chi connectivity index (χ4n) is 1.66. The van der Waals surface area contributed by atoms with E-state index in [0.717, 1.165) is 22.3 Å². The maximum atomic E-state index is 10.2. The highest BCUT2D eigenvalue weighted by Gasteiger charge is 2.06. The second-order valence-corrected chi connectivity index (χ2v) is 3.39. The summed E-state index contributed by atoms with van der Waals surface area (Å²) < 4.78 is 0. The minimum absolute atomic E-state index is 0.670. The normalized spacial score (nSPS) is 9.36. The summed E-state index contributed by atoms with van der Waals surface area (Å²) in [4.78, 5) is 13.8. The minimum Gasteiger partial charge on any atom is -0.211 e. The van der Waals surface area contributed by atoms with Crippen LogP contribution in [0.1, 0.15) is 23.6 Å². The molecule has 0 bridgehead atoms. The number of aryl methyl sites for hydroxylation is 1. The largest absolute Gasteiger partial charge is 0.240 e. The zero-order valence-electron chi connectivity index (χ0n) is 8.72. The molecule has 0 aliphatic rings. The Hall–Kier alpha value is -1.66. The highest BCUT2D eigenvalue weighted by Crippen LogP contribution is 2.28. The molecule has 0 saturated heterocycles. The molecule has 1 aromatic rings. The van der Waals surface area contributed by atoms with E-state index in [1.54, 1.807) is 6.08 Å². The molecule has 0 aromatic heterocycles. The van der Waals surface area contributed by atoms with Crippen molar-refractivity contribution in [3.05, 3.63) is 35.4 Å². The molecular formula is C12H13NO. The molecule has 0 radical (unpaired) electrons. The lowest BCUT2D eigenvalue weighted by Gasteiger charge is -2.10. The molecule has 72 valence electrons. The monoisotopic (exact) mass is 187 g/mol. The van der Waals surface area contributed by atoms with Gasteiger partial charge in [-0.2, -0.15) is 4.99 Å². The summed E-state index contributed by atoms with van der Waals surface area (Å²) in [6.45, 7) is 9.81. The van der Waals surface area contributed by atoms with Crippen LogP contribution >= 0.6 is 0 Å². The molecule has 1 aromatic carbocycles. The number of hydrogen-bond donors (Lipinski definition) is 0. The minimum atomic E-state index is 0.670. The van der Waals surface area contributed by atoms with Crippen LogP contribution in [-0.2, 0) is 4.79 Å². The van der Waals surface area contributed by atoms with Crippen LogP contribution in [0.3, 0.4) is 0 Å². The third kappa shape index (κ3) is 1.81. The van der Waals surface area contributed by atoms with Crippen LogP contribution in [0.5, 0.6) is 0 Å². The van der Waals surface area contributed by atoms with Gasteiger partial charge in [0.05, 0.1) is 5.69 Å². The Morgan fingerprint density at radius 2 is 2.07 bits per heavy atom. The molecule has 0 saturated carbocycles. The van der Waals surface area contributed by atoms with Gasteiger partial charge in [0.15, 0.2) is 0 Å². The standard InChI is InChI=1S/C12H13NO/c1-8(2)12-9(3)5-6-11(10(12)4)13-7-14/h5-6H,1H2,2-4H3. The molecule has 2 heteroatoms. The average Bonchev–Trinajstić information content (AvgIpc) is 2.10. The summed E-state index contributed by atoms with van der Waals surface area (Å²) in [6, 6.07) is 3.76. The zero-order chi connectivity index (χ0) is 10.7. The third-order valence-corrected chi connectivity index (χ3v) is 2.24. The van der Waals surface area contributed by atoms with Gasteiger partial charge in [-0.1, -0.05) is 18.2 Å². The zero-order valence-corrected chi connectivity index (χ0v) is 8.72. The van der Waals surface area contributed by atoms with E-state index in [1.165, 1.54) is 0 Å². The second-order valence-electron chi connectivity index (χ2n) is 3.39. The molecular weight excluding hydrogens is 174 g/mol. The first-order valence-corrected chi connectivity index (χ1v) is 4.42. The van der Waals surface area contributed by atoms with Crippen LogP contribution in [0.4, 0.5) is 5.69 Å². The van der Waals surface area contributed by atoms with Crippen LogP contribution < -0.4 is 0 Å². The summed E-state index contributed by atoms with van der Waals surface area (Å²) in [7, 11) is 0. The Labute approximate surface area is 84.0 Å². The molecule has 2 nitrogen and oxygen atoms in total. The Morgan fingerprint density at radius 3 is 2.57 bits per heavy atom. The van der Waals surface area contributed by atoms with E-state index < -0.39 is 0 Å². The van der Waals surface area contributed by atoms with Gasteiger partial charge in [-0.3, -0.25) is 0 Å². The van der Waals surface area contributed by atoms with Gasteiger partial charge in [-0.25, -0.2) is 4.79 Å². The molecule has 0 atom stereocenters. The SMILES string of the molecule is C=C(C)c1c(C)ccc(N=C=O)c1C. The van der Waals surface area contributed by atoms with E-state index in [1.807, 2.05) is 32.9 Å². The first-order valence-electron chi connectivity index (χ1n) is 4.42. The lowest BCUT2D eigenvalue weighted by atomic mass is 9.96. The van der Waals surface area contributed by atoms with E-state index in [9.17, 15) is 4.79 Å². The van der Waals surface area contributed by atoms with E-state index in [0.29, 0.717) is 5.69 Å². The van der Waals surface area contributed by atoms with Crippen molar-refractivity contribution in [1.29, 1.82) is 0 Å². The maximum Gasteiger partial charge on any atom is 0.240 e. The van der Waals surface area contributed by atoms with E-state index >= 15 is 0 Å². The predicted molar refractivity (Wildman–Crippen MR) is 58.4 cm³/mol. The Morgan fingerprint density at radius 1 is 1.43 bits per heavy atom. The van der Waals surface area contributed by atoms with Gasteiger partial charge in [0.1, 0.15) is 0 Å². The molecule has 0 amide bonds. The quantitative estimate of drug-likeness (QED) is 0.516. The van der Waals surface area contributed by atoms with Crippen molar-refractivity contribution in [2.24, 2.45) is 4.99 Å². The molecule has 0 N–H and O–H groups in total. The van der Waals surface area contributed by atoms with Gasteiger partial charge in [0, 0.05) is 0 Å². The van der Waals surface area contributed by atoms with Gasteiger partial charge in [-0.15, -0.1) is 0 Å². The summed E-state index contributed by atoms with van der Waals surface area (Å²) in [5.74, 6) is 0. The van der Waals surface area contributed by atoms with E-state index in [2.05, 4.69) is 11.6 Å². The van der Waals surface area contributed by atoms with Crippen LogP contribution in [0.2, 0.25) is 0 Å². The van der Waals surface area contributed by atoms with Crippen LogP contribution in [-0.4, -0.2) is 6.08 Å². The number of benzene rings is 1. The number of isocyanates is 1. The molecule has 14 heavy (non-hydrogen) atoms. The molecule has 0 spiro atoms. The van der Waals surface area contributed by atoms with Crippen LogP contribution in [0, 0.1) is 13.8 Å². The van der Waals surface area contributed by atoms with Gasteiger partial charge in [0.25, 0.3) is 0 Å². The van der Waals surface area contributed by atoms with Crippen molar-refractivity contribution in [1.82, 2.24) is 0 Å². The average molecular weight is 187 g/mol. The third-order valence-electron chi connectivity index (χ3n) is 2.24. The van der Waals surface area contributed by atoms with E-state index in [-0.39, 0.29) is 0 Å². The molecule has 0 aliphatic carbocycles. The summed E-state index contributed by atoms with van der Waals surface area (Å²) in [5, 5.41) is 0. The summed E-state index contributed by atoms with van der Waals surface area (Å²) in [5.41, 5.74) is 4.88. The van der Waals surface area contributed by atoms with Crippen molar-refractivity contribution in [2.75, 3.05) is 0 Å². The Bertz CT molecular complexity index is 426. The van der Waals surface area contributed by atoms with Crippen LogP contribution in [0.15, 0.2) is 23.7 Å². The predicted octanol–water partition coefficient (Wildman–Crippen LogP) is 3.30. The van der Waals surface area contributed by atoms with Gasteiger partial charge < -0.3 is 0 Å². The summed E-state index contributed by atoms with van der Waals surface area (Å²) >= 11 is 0.